The first kappa shape index (κ1) is 11.7. The van der Waals surface area contributed by atoms with Crippen molar-refractivity contribution in [2.24, 2.45) is 0 Å². The first-order valence-electron chi connectivity index (χ1n) is 5.18. The average Bonchev–Trinajstić information content (AvgIpc) is 2.28. The second kappa shape index (κ2) is 5.06. The summed E-state index contributed by atoms with van der Waals surface area (Å²) in [6.07, 6.45) is 0. The molecule has 0 unspecified atom stereocenters. The van der Waals surface area contributed by atoms with Gasteiger partial charge >= 0.3 is 0 Å². The molecule has 3 N–H and O–H groups in total. The number of hydrogen-bond donors (Lipinski definition) is 2. The fraction of sp³-hybridized carbons (Fsp3) is 0.0769. The molecule has 2 aromatic rings. The normalized spacial score (nSPS) is 10.2. The lowest BCUT2D eigenvalue weighted by Crippen LogP contribution is -2.00. The van der Waals surface area contributed by atoms with Gasteiger partial charge in [-0.05, 0) is 35.9 Å². The maximum atomic E-state index is 12.8. The third kappa shape index (κ3) is 3.11. The Morgan fingerprint density at radius 2 is 2.00 bits per heavy atom. The van der Waals surface area contributed by atoms with Gasteiger partial charge in [0.2, 0.25) is 0 Å². The van der Waals surface area contributed by atoms with Crippen LogP contribution < -0.4 is 11.1 Å². The molecule has 0 aliphatic rings. The van der Waals surface area contributed by atoms with Crippen molar-refractivity contribution >= 4 is 23.0 Å². The van der Waals surface area contributed by atoms with Crippen molar-refractivity contribution in [1.29, 1.82) is 0 Å². The molecule has 2 rings (SSSR count). The zero-order chi connectivity index (χ0) is 12.3. The van der Waals surface area contributed by atoms with Gasteiger partial charge in [-0.2, -0.15) is 0 Å². The van der Waals surface area contributed by atoms with Crippen LogP contribution in [0.4, 0.5) is 15.8 Å². The van der Waals surface area contributed by atoms with Crippen molar-refractivity contribution < 1.29 is 4.39 Å². The highest BCUT2D eigenvalue weighted by molar-refractivity contribution is 6.31. The Balaban J connectivity index is 2.07. The largest absolute Gasteiger partial charge is 0.399 e. The SMILES string of the molecule is Nc1cccc(NCc2ccc(F)cc2Cl)c1. The molecule has 0 saturated heterocycles. The highest BCUT2D eigenvalue weighted by atomic mass is 35.5. The molecule has 0 atom stereocenters. The lowest BCUT2D eigenvalue weighted by atomic mass is 10.2. The Kier molecular flexibility index (Phi) is 3.49. The standard InChI is InChI=1S/C13H12ClFN2/c14-13-6-10(15)5-4-9(13)8-17-12-3-1-2-11(16)7-12/h1-7,17H,8,16H2. The van der Waals surface area contributed by atoms with Crippen LogP contribution in [-0.2, 0) is 6.54 Å². The number of nitrogen functional groups attached to an aromatic ring is 1. The van der Waals surface area contributed by atoms with E-state index in [1.807, 2.05) is 24.3 Å². The predicted octanol–water partition coefficient (Wildman–Crippen LogP) is 3.67. The van der Waals surface area contributed by atoms with E-state index in [1.54, 1.807) is 6.07 Å². The van der Waals surface area contributed by atoms with Crippen molar-refractivity contribution in [3.05, 3.63) is 58.9 Å². The third-order valence-electron chi connectivity index (χ3n) is 2.38. The maximum Gasteiger partial charge on any atom is 0.124 e. The van der Waals surface area contributed by atoms with Gasteiger partial charge in [0.25, 0.3) is 0 Å². The lowest BCUT2D eigenvalue weighted by molar-refractivity contribution is 0.627. The number of nitrogens with two attached hydrogens (primary N) is 1. The number of rotatable bonds is 3. The summed E-state index contributed by atoms with van der Waals surface area (Å²) in [5.41, 5.74) is 8.11. The van der Waals surface area contributed by atoms with Gasteiger partial charge in [-0.25, -0.2) is 4.39 Å². The van der Waals surface area contributed by atoms with E-state index in [2.05, 4.69) is 5.32 Å². The van der Waals surface area contributed by atoms with Crippen LogP contribution in [0.2, 0.25) is 5.02 Å². The van der Waals surface area contributed by atoms with Gasteiger partial charge < -0.3 is 11.1 Å². The van der Waals surface area contributed by atoms with Crippen molar-refractivity contribution in [3.8, 4) is 0 Å². The van der Waals surface area contributed by atoms with Crippen LogP contribution in [0, 0.1) is 5.82 Å². The summed E-state index contributed by atoms with van der Waals surface area (Å²) in [6.45, 7) is 0.530. The Hall–Kier alpha value is -1.74. The topological polar surface area (TPSA) is 38.0 Å². The van der Waals surface area contributed by atoms with Crippen LogP contribution in [0.3, 0.4) is 0 Å². The van der Waals surface area contributed by atoms with E-state index in [0.29, 0.717) is 17.3 Å². The summed E-state index contributed by atoms with van der Waals surface area (Å²) in [5, 5.41) is 3.59. The van der Waals surface area contributed by atoms with Gasteiger partial charge in [0.05, 0.1) is 0 Å². The second-order valence-corrected chi connectivity index (χ2v) is 4.12. The van der Waals surface area contributed by atoms with Gasteiger partial charge in [-0.15, -0.1) is 0 Å². The summed E-state index contributed by atoms with van der Waals surface area (Å²) < 4.78 is 12.8. The molecule has 0 bridgehead atoms. The van der Waals surface area contributed by atoms with E-state index >= 15 is 0 Å². The van der Waals surface area contributed by atoms with Crippen molar-refractivity contribution in [2.75, 3.05) is 11.1 Å². The highest BCUT2D eigenvalue weighted by Crippen LogP contribution is 2.19. The summed E-state index contributed by atoms with van der Waals surface area (Å²) >= 11 is 5.92. The summed E-state index contributed by atoms with van der Waals surface area (Å²) in [6, 6.07) is 11.8. The van der Waals surface area contributed by atoms with E-state index in [1.165, 1.54) is 12.1 Å². The van der Waals surface area contributed by atoms with Crippen LogP contribution in [0.25, 0.3) is 0 Å². The molecule has 0 aromatic heterocycles. The molecule has 0 heterocycles. The first-order chi connectivity index (χ1) is 8.15. The molecular weight excluding hydrogens is 239 g/mol. The van der Waals surface area contributed by atoms with E-state index in [9.17, 15) is 4.39 Å². The van der Waals surface area contributed by atoms with E-state index < -0.39 is 0 Å². The number of benzene rings is 2. The molecule has 0 spiro atoms. The van der Waals surface area contributed by atoms with Gasteiger partial charge in [0, 0.05) is 22.9 Å². The number of anilines is 2. The number of nitrogens with one attached hydrogen (secondary N) is 1. The summed E-state index contributed by atoms with van der Waals surface area (Å²) in [5.74, 6) is -0.331. The third-order valence-corrected chi connectivity index (χ3v) is 2.74. The summed E-state index contributed by atoms with van der Waals surface area (Å²) in [4.78, 5) is 0. The van der Waals surface area contributed by atoms with Gasteiger partial charge in [-0.3, -0.25) is 0 Å². The Labute approximate surface area is 104 Å². The molecule has 88 valence electrons. The molecule has 0 saturated carbocycles. The van der Waals surface area contributed by atoms with Crippen LogP contribution >= 0.6 is 11.6 Å². The first-order valence-corrected chi connectivity index (χ1v) is 5.56. The van der Waals surface area contributed by atoms with Crippen LogP contribution in [-0.4, -0.2) is 0 Å². The predicted molar refractivity (Wildman–Crippen MR) is 69.6 cm³/mol. The Morgan fingerprint density at radius 3 is 2.71 bits per heavy atom. The Bertz CT molecular complexity index is 529. The van der Waals surface area contributed by atoms with E-state index in [0.717, 1.165) is 11.3 Å². The highest BCUT2D eigenvalue weighted by Gasteiger charge is 2.01. The fourth-order valence-corrected chi connectivity index (χ4v) is 1.75. The van der Waals surface area contributed by atoms with Gasteiger partial charge in [-0.1, -0.05) is 23.7 Å². The monoisotopic (exact) mass is 250 g/mol. The van der Waals surface area contributed by atoms with Crippen LogP contribution in [0.5, 0.6) is 0 Å². The second-order valence-electron chi connectivity index (χ2n) is 3.71. The molecular formula is C13H12ClFN2. The quantitative estimate of drug-likeness (QED) is 0.816. The molecule has 17 heavy (non-hydrogen) atoms. The molecule has 0 aliphatic carbocycles. The molecule has 4 heteroatoms. The van der Waals surface area contributed by atoms with Gasteiger partial charge in [0.1, 0.15) is 5.82 Å². The molecule has 0 radical (unpaired) electrons. The van der Waals surface area contributed by atoms with Crippen molar-refractivity contribution in [1.82, 2.24) is 0 Å². The van der Waals surface area contributed by atoms with Crippen LogP contribution in [0.1, 0.15) is 5.56 Å². The summed E-state index contributed by atoms with van der Waals surface area (Å²) in [7, 11) is 0. The van der Waals surface area contributed by atoms with Crippen molar-refractivity contribution in [3.63, 3.8) is 0 Å². The fourth-order valence-electron chi connectivity index (χ4n) is 1.51. The van der Waals surface area contributed by atoms with Gasteiger partial charge in [0.15, 0.2) is 0 Å². The molecule has 2 aromatic carbocycles. The van der Waals surface area contributed by atoms with Crippen LogP contribution in [0.15, 0.2) is 42.5 Å². The lowest BCUT2D eigenvalue weighted by Gasteiger charge is -2.08. The molecule has 0 amide bonds. The minimum Gasteiger partial charge on any atom is -0.399 e. The zero-order valence-corrected chi connectivity index (χ0v) is 9.84. The minimum atomic E-state index is -0.331. The molecule has 2 nitrogen and oxygen atoms in total. The Morgan fingerprint density at radius 1 is 1.18 bits per heavy atom. The average molecular weight is 251 g/mol. The molecule has 0 aliphatic heterocycles. The van der Waals surface area contributed by atoms with E-state index in [4.69, 9.17) is 17.3 Å². The van der Waals surface area contributed by atoms with Crippen molar-refractivity contribution in [2.45, 2.75) is 6.54 Å². The zero-order valence-electron chi connectivity index (χ0n) is 9.08. The smallest absolute Gasteiger partial charge is 0.124 e. The number of halogens is 2. The van der Waals surface area contributed by atoms with E-state index in [-0.39, 0.29) is 5.82 Å². The minimum absolute atomic E-state index is 0.331. The molecule has 0 fully saturated rings. The maximum absolute atomic E-state index is 12.8. The number of hydrogen-bond acceptors (Lipinski definition) is 2.